The lowest BCUT2D eigenvalue weighted by Gasteiger charge is -2.27. The summed E-state index contributed by atoms with van der Waals surface area (Å²) in [6.07, 6.45) is 4.77. The summed E-state index contributed by atoms with van der Waals surface area (Å²) in [5.74, 6) is 0.728. The molecule has 0 aromatic carbocycles. The number of rotatable bonds is 3. The minimum Gasteiger partial charge on any atom is -0.381 e. The van der Waals surface area contributed by atoms with Crippen molar-refractivity contribution in [3.05, 3.63) is 0 Å². The van der Waals surface area contributed by atoms with Gasteiger partial charge in [0, 0.05) is 6.04 Å². The maximum atomic E-state index is 8.61. The second kappa shape index (κ2) is 4.70. The second-order valence-corrected chi connectivity index (χ2v) is 3.32. The van der Waals surface area contributed by atoms with E-state index in [2.05, 4.69) is 5.32 Å². The van der Waals surface area contributed by atoms with Crippen LogP contribution in [0.25, 0.3) is 0 Å². The molecule has 0 unspecified atom stereocenters. The van der Waals surface area contributed by atoms with Crippen LogP contribution in [0, 0.1) is 5.92 Å². The van der Waals surface area contributed by atoms with Crippen LogP contribution in [0.5, 0.6) is 0 Å². The molecule has 3 heteroatoms. The summed E-state index contributed by atoms with van der Waals surface area (Å²) in [6.45, 7) is 0.934. The minimum absolute atomic E-state index is 0.109. The Balaban J connectivity index is 2.14. The van der Waals surface area contributed by atoms with Gasteiger partial charge in [-0.25, -0.2) is 0 Å². The van der Waals surface area contributed by atoms with Gasteiger partial charge in [-0.1, -0.05) is 0 Å². The number of nitrogens with one attached hydrogen (secondary N) is 1. The van der Waals surface area contributed by atoms with Gasteiger partial charge in [-0.05, 0) is 38.1 Å². The molecule has 1 fully saturated rings. The van der Waals surface area contributed by atoms with Crippen molar-refractivity contribution in [1.29, 1.82) is 0 Å². The van der Waals surface area contributed by atoms with Crippen LogP contribution in [0.2, 0.25) is 0 Å². The highest BCUT2D eigenvalue weighted by Gasteiger charge is 2.18. The van der Waals surface area contributed by atoms with E-state index < -0.39 is 0 Å². The number of aliphatic hydroxyl groups is 1. The highest BCUT2D eigenvalue weighted by Crippen LogP contribution is 2.22. The molecular formula is C8H18N2O. The average molecular weight is 158 g/mol. The topological polar surface area (TPSA) is 58.3 Å². The average Bonchev–Trinajstić information content (AvgIpc) is 2.07. The highest BCUT2D eigenvalue weighted by atomic mass is 16.3. The lowest BCUT2D eigenvalue weighted by molar-refractivity contribution is 0.207. The van der Waals surface area contributed by atoms with Gasteiger partial charge in [-0.2, -0.15) is 0 Å². The lowest BCUT2D eigenvalue weighted by Crippen LogP contribution is -2.35. The van der Waals surface area contributed by atoms with Crippen molar-refractivity contribution in [2.75, 3.05) is 13.3 Å². The minimum atomic E-state index is 0.109. The summed E-state index contributed by atoms with van der Waals surface area (Å²) in [7, 11) is 0. The summed E-state index contributed by atoms with van der Waals surface area (Å²) >= 11 is 0. The van der Waals surface area contributed by atoms with Gasteiger partial charge in [0.15, 0.2) is 0 Å². The van der Waals surface area contributed by atoms with E-state index in [0.717, 1.165) is 12.5 Å². The van der Waals surface area contributed by atoms with Gasteiger partial charge in [0.1, 0.15) is 0 Å². The van der Waals surface area contributed by atoms with Crippen LogP contribution in [0.15, 0.2) is 0 Å². The zero-order valence-electron chi connectivity index (χ0n) is 6.92. The largest absolute Gasteiger partial charge is 0.381 e. The van der Waals surface area contributed by atoms with E-state index in [9.17, 15) is 0 Å². The molecule has 1 saturated carbocycles. The maximum Gasteiger partial charge on any atom is 0.0933 e. The van der Waals surface area contributed by atoms with Crippen molar-refractivity contribution >= 4 is 0 Å². The molecule has 66 valence electrons. The van der Waals surface area contributed by atoms with Crippen LogP contribution < -0.4 is 11.1 Å². The van der Waals surface area contributed by atoms with E-state index in [-0.39, 0.29) is 6.73 Å². The molecule has 11 heavy (non-hydrogen) atoms. The number of hydrogen-bond acceptors (Lipinski definition) is 3. The fourth-order valence-corrected chi connectivity index (χ4v) is 1.73. The van der Waals surface area contributed by atoms with Crippen LogP contribution in [-0.4, -0.2) is 24.4 Å². The predicted molar refractivity (Wildman–Crippen MR) is 45.0 cm³/mol. The lowest BCUT2D eigenvalue weighted by atomic mass is 9.86. The Labute approximate surface area is 68.0 Å². The first kappa shape index (κ1) is 8.97. The van der Waals surface area contributed by atoms with Crippen LogP contribution in [-0.2, 0) is 0 Å². The molecule has 0 aromatic heterocycles. The van der Waals surface area contributed by atoms with E-state index in [4.69, 9.17) is 10.8 Å². The number of aliphatic hydroxyl groups excluding tert-OH is 1. The van der Waals surface area contributed by atoms with Gasteiger partial charge in [0.05, 0.1) is 6.73 Å². The number of nitrogens with two attached hydrogens (primary N) is 1. The third-order valence-corrected chi connectivity index (χ3v) is 2.56. The Morgan fingerprint density at radius 3 is 2.36 bits per heavy atom. The third kappa shape index (κ3) is 2.77. The molecule has 0 aliphatic heterocycles. The van der Waals surface area contributed by atoms with Crippen molar-refractivity contribution < 1.29 is 5.11 Å². The van der Waals surface area contributed by atoms with Crippen molar-refractivity contribution in [3.63, 3.8) is 0 Å². The Morgan fingerprint density at radius 2 is 1.91 bits per heavy atom. The Morgan fingerprint density at radius 1 is 1.27 bits per heavy atom. The van der Waals surface area contributed by atoms with Crippen molar-refractivity contribution in [3.8, 4) is 0 Å². The predicted octanol–water partition coefficient (Wildman–Crippen LogP) is 0.0433. The first-order valence-corrected chi connectivity index (χ1v) is 4.41. The summed E-state index contributed by atoms with van der Waals surface area (Å²) < 4.78 is 0. The third-order valence-electron chi connectivity index (χ3n) is 2.56. The standard InChI is InChI=1S/C8H18N2O/c9-5-7-1-3-8(4-2-7)10-6-11/h7-8,10-11H,1-6,9H2. The van der Waals surface area contributed by atoms with E-state index in [1.165, 1.54) is 25.7 Å². The van der Waals surface area contributed by atoms with E-state index in [1.807, 2.05) is 0 Å². The van der Waals surface area contributed by atoms with Crippen molar-refractivity contribution in [2.45, 2.75) is 31.7 Å². The monoisotopic (exact) mass is 158 g/mol. The second-order valence-electron chi connectivity index (χ2n) is 3.32. The van der Waals surface area contributed by atoms with Gasteiger partial charge in [-0.3, -0.25) is 5.32 Å². The molecule has 0 spiro atoms. The van der Waals surface area contributed by atoms with Gasteiger partial charge < -0.3 is 10.8 Å². The molecule has 0 aromatic rings. The molecule has 1 rings (SSSR count). The molecular weight excluding hydrogens is 140 g/mol. The van der Waals surface area contributed by atoms with Crippen molar-refractivity contribution in [1.82, 2.24) is 5.32 Å². The first-order valence-electron chi connectivity index (χ1n) is 4.41. The molecule has 1 aliphatic rings. The Kier molecular flexibility index (Phi) is 3.83. The first-order chi connectivity index (χ1) is 5.36. The SMILES string of the molecule is NCC1CCC(NCO)CC1. The van der Waals surface area contributed by atoms with Gasteiger partial charge in [0.25, 0.3) is 0 Å². The Hall–Kier alpha value is -0.120. The van der Waals surface area contributed by atoms with Crippen molar-refractivity contribution in [2.24, 2.45) is 11.7 Å². The van der Waals surface area contributed by atoms with E-state index in [0.29, 0.717) is 6.04 Å². The van der Waals surface area contributed by atoms with Crippen LogP contribution in [0.1, 0.15) is 25.7 Å². The van der Waals surface area contributed by atoms with E-state index >= 15 is 0 Å². The fourth-order valence-electron chi connectivity index (χ4n) is 1.73. The molecule has 3 nitrogen and oxygen atoms in total. The smallest absolute Gasteiger partial charge is 0.0933 e. The summed E-state index contributed by atoms with van der Waals surface area (Å²) in [5, 5.41) is 11.6. The molecule has 0 amide bonds. The zero-order chi connectivity index (χ0) is 8.10. The molecule has 0 radical (unpaired) electrons. The number of hydrogen-bond donors (Lipinski definition) is 3. The molecule has 4 N–H and O–H groups in total. The molecule has 0 atom stereocenters. The van der Waals surface area contributed by atoms with Gasteiger partial charge in [-0.15, -0.1) is 0 Å². The molecule has 0 heterocycles. The molecule has 0 bridgehead atoms. The van der Waals surface area contributed by atoms with Gasteiger partial charge in [0.2, 0.25) is 0 Å². The normalized spacial score (nSPS) is 32.2. The summed E-state index contributed by atoms with van der Waals surface area (Å²) in [5.41, 5.74) is 5.55. The maximum absolute atomic E-state index is 8.61. The van der Waals surface area contributed by atoms with Crippen LogP contribution >= 0.6 is 0 Å². The summed E-state index contributed by atoms with van der Waals surface area (Å²) in [4.78, 5) is 0. The quantitative estimate of drug-likeness (QED) is 0.508. The zero-order valence-corrected chi connectivity index (χ0v) is 6.92. The van der Waals surface area contributed by atoms with Gasteiger partial charge >= 0.3 is 0 Å². The van der Waals surface area contributed by atoms with Crippen LogP contribution in [0.4, 0.5) is 0 Å². The molecule has 1 aliphatic carbocycles. The van der Waals surface area contributed by atoms with E-state index in [1.54, 1.807) is 0 Å². The fraction of sp³-hybridized carbons (Fsp3) is 1.00. The van der Waals surface area contributed by atoms with Crippen LogP contribution in [0.3, 0.4) is 0 Å². The Bertz CT molecular complexity index is 100. The highest BCUT2D eigenvalue weighted by molar-refractivity contribution is 4.76. The molecule has 0 saturated heterocycles. The summed E-state index contributed by atoms with van der Waals surface area (Å²) in [6, 6.07) is 0.530.